The molecule has 13 heteroatoms. The molecule has 1 saturated heterocycles. The Bertz CT molecular complexity index is 1550. The molecule has 4 aromatic rings. The lowest BCUT2D eigenvalue weighted by Gasteiger charge is -2.31. The van der Waals surface area contributed by atoms with Gasteiger partial charge in [0.25, 0.3) is 5.91 Å². The van der Waals surface area contributed by atoms with Gasteiger partial charge in [0.05, 0.1) is 12.2 Å². The third-order valence-electron chi connectivity index (χ3n) is 6.76. The molecule has 4 heterocycles. The first-order valence-electron chi connectivity index (χ1n) is 12.6. The normalized spacial score (nSPS) is 15.7. The maximum atomic E-state index is 13.0. The van der Waals surface area contributed by atoms with Crippen LogP contribution in [0.1, 0.15) is 47.3 Å². The maximum Gasteiger partial charge on any atom is 0.416 e. The molecule has 40 heavy (non-hydrogen) atoms. The number of rotatable bonds is 5. The Morgan fingerprint density at radius 2 is 1.93 bits per heavy atom. The summed E-state index contributed by atoms with van der Waals surface area (Å²) in [6, 6.07) is 10.1. The Morgan fingerprint density at radius 1 is 1.15 bits per heavy atom. The first-order valence-corrected chi connectivity index (χ1v) is 12.6. The topological polar surface area (TPSA) is 128 Å². The number of likely N-dealkylation sites (tertiary alicyclic amines) is 1. The molecule has 1 fully saturated rings. The van der Waals surface area contributed by atoms with E-state index in [-0.39, 0.29) is 29.2 Å². The first kappa shape index (κ1) is 26.9. The number of fused-ring (bicyclic) bond motifs is 1. The number of halogens is 3. The second kappa shape index (κ2) is 10.8. The average Bonchev–Trinajstić information content (AvgIpc) is 3.34. The lowest BCUT2D eigenvalue weighted by atomic mass is 9.94. The second-order valence-electron chi connectivity index (χ2n) is 9.33. The van der Waals surface area contributed by atoms with E-state index in [0.717, 1.165) is 48.0 Å². The predicted molar refractivity (Wildman–Crippen MR) is 141 cm³/mol. The van der Waals surface area contributed by atoms with E-state index in [2.05, 4.69) is 20.4 Å². The molecule has 5 rings (SSSR count). The summed E-state index contributed by atoms with van der Waals surface area (Å²) in [5.41, 5.74) is 8.51. The van der Waals surface area contributed by atoms with Gasteiger partial charge in [-0.15, -0.1) is 0 Å². The fourth-order valence-corrected chi connectivity index (χ4v) is 4.87. The Hall–Kier alpha value is -4.68. The number of nitrogens with one attached hydrogen (secondary N) is 1. The number of benzene rings is 1. The number of hydrogen-bond acceptors (Lipinski definition) is 7. The number of aromatic nitrogens is 4. The van der Waals surface area contributed by atoms with Crippen LogP contribution in [0.15, 0.2) is 55.0 Å². The van der Waals surface area contributed by atoms with E-state index in [1.807, 2.05) is 6.07 Å². The molecular weight excluding hydrogens is 527 g/mol. The summed E-state index contributed by atoms with van der Waals surface area (Å²) in [7, 11) is 0. The first-order chi connectivity index (χ1) is 19.2. The number of alkyl halides is 3. The minimum atomic E-state index is -4.55. The summed E-state index contributed by atoms with van der Waals surface area (Å²) in [6.07, 6.45) is -0.898. The van der Waals surface area contributed by atoms with Crippen molar-refractivity contribution in [1.29, 1.82) is 0 Å². The molecule has 1 unspecified atom stereocenters. The zero-order valence-corrected chi connectivity index (χ0v) is 21.5. The lowest BCUT2D eigenvalue weighted by molar-refractivity contribution is -0.137. The molecule has 0 saturated carbocycles. The van der Waals surface area contributed by atoms with E-state index in [0.29, 0.717) is 25.2 Å². The van der Waals surface area contributed by atoms with Gasteiger partial charge in [-0.2, -0.15) is 18.3 Å². The molecule has 3 aromatic heterocycles. The molecule has 0 aliphatic carbocycles. The van der Waals surface area contributed by atoms with E-state index < -0.39 is 17.6 Å². The minimum absolute atomic E-state index is 0.0151. The monoisotopic (exact) mass is 553 g/mol. The van der Waals surface area contributed by atoms with Crippen molar-refractivity contribution in [3.8, 4) is 11.1 Å². The Morgan fingerprint density at radius 3 is 2.65 bits per heavy atom. The highest BCUT2D eigenvalue weighted by atomic mass is 19.4. The predicted octanol–water partition coefficient (Wildman–Crippen LogP) is 4.98. The number of nitrogens with zero attached hydrogens (tertiary/aromatic N) is 5. The molecule has 10 nitrogen and oxygen atoms in total. The average molecular weight is 554 g/mol. The van der Waals surface area contributed by atoms with Crippen molar-refractivity contribution in [3.63, 3.8) is 0 Å². The molecule has 0 radical (unpaired) electrons. The van der Waals surface area contributed by atoms with Crippen molar-refractivity contribution in [2.75, 3.05) is 30.7 Å². The van der Waals surface area contributed by atoms with Crippen LogP contribution in [0.3, 0.4) is 0 Å². The number of nitrogens with two attached hydrogens (primary N) is 1. The maximum absolute atomic E-state index is 13.0. The molecule has 1 aliphatic rings. The molecule has 208 valence electrons. The van der Waals surface area contributed by atoms with E-state index in [1.54, 1.807) is 40.6 Å². The minimum Gasteiger partial charge on any atom is -0.450 e. The number of nitrogen functional groups attached to an aromatic ring is 1. The summed E-state index contributed by atoms with van der Waals surface area (Å²) in [6.45, 7) is 3.15. The van der Waals surface area contributed by atoms with Gasteiger partial charge in [-0.3, -0.25) is 4.79 Å². The Kier molecular flexibility index (Phi) is 7.28. The van der Waals surface area contributed by atoms with Gasteiger partial charge in [0.2, 0.25) is 0 Å². The van der Waals surface area contributed by atoms with Gasteiger partial charge in [0.1, 0.15) is 17.7 Å². The van der Waals surface area contributed by atoms with Crippen LogP contribution in [0.5, 0.6) is 0 Å². The summed E-state index contributed by atoms with van der Waals surface area (Å²) < 4.78 is 45.9. The summed E-state index contributed by atoms with van der Waals surface area (Å²) in [5, 5.41) is 6.83. The molecule has 1 atom stereocenters. The summed E-state index contributed by atoms with van der Waals surface area (Å²) in [5.74, 6) is -0.559. The van der Waals surface area contributed by atoms with Crippen molar-refractivity contribution >= 4 is 29.2 Å². The van der Waals surface area contributed by atoms with Crippen molar-refractivity contribution in [3.05, 3.63) is 71.8 Å². The van der Waals surface area contributed by atoms with Crippen molar-refractivity contribution in [1.82, 2.24) is 24.5 Å². The number of amides is 2. The number of pyridine rings is 1. The molecule has 1 aromatic carbocycles. The molecule has 2 amide bonds. The number of hydrogen-bond donors (Lipinski definition) is 2. The van der Waals surface area contributed by atoms with Crippen LogP contribution in [0.2, 0.25) is 0 Å². The van der Waals surface area contributed by atoms with Crippen LogP contribution in [-0.2, 0) is 10.9 Å². The smallest absolute Gasteiger partial charge is 0.416 e. The fourth-order valence-electron chi connectivity index (χ4n) is 4.87. The van der Waals surface area contributed by atoms with Crippen LogP contribution in [-0.4, -0.2) is 56.2 Å². The zero-order valence-electron chi connectivity index (χ0n) is 21.5. The Balaban J connectivity index is 1.42. The largest absolute Gasteiger partial charge is 0.450 e. The summed E-state index contributed by atoms with van der Waals surface area (Å²) >= 11 is 0. The van der Waals surface area contributed by atoms with Crippen LogP contribution in [0.25, 0.3) is 16.6 Å². The van der Waals surface area contributed by atoms with Crippen molar-refractivity contribution in [2.24, 2.45) is 0 Å². The van der Waals surface area contributed by atoms with E-state index in [9.17, 15) is 22.8 Å². The van der Waals surface area contributed by atoms with Gasteiger partial charge in [0, 0.05) is 42.0 Å². The van der Waals surface area contributed by atoms with Gasteiger partial charge in [-0.25, -0.2) is 19.3 Å². The van der Waals surface area contributed by atoms with E-state index >= 15 is 0 Å². The van der Waals surface area contributed by atoms with E-state index in [1.165, 1.54) is 6.33 Å². The number of carbonyl (C=O) groups is 2. The van der Waals surface area contributed by atoms with Gasteiger partial charge < -0.3 is 20.7 Å². The van der Waals surface area contributed by atoms with E-state index in [4.69, 9.17) is 10.5 Å². The van der Waals surface area contributed by atoms with Crippen LogP contribution >= 0.6 is 0 Å². The van der Waals surface area contributed by atoms with Crippen molar-refractivity contribution in [2.45, 2.75) is 31.9 Å². The highest BCUT2D eigenvalue weighted by Gasteiger charge is 2.31. The third kappa shape index (κ3) is 5.40. The standard InChI is InChI=1S/C27H26F3N7O3/c1-2-40-26(39)36-11-3-4-18(14-36)21-13-20(23-24(31)33-15-34-37(21)23)16-5-7-17(8-6-16)25(38)35-22-12-19(9-10-32-22)27(28,29)30/h5-10,12-13,15,18H,2-4,11,14H2,1H3,(H2,31,33,34)(H,32,35,38). The van der Waals surface area contributed by atoms with Crippen molar-refractivity contribution < 1.29 is 27.5 Å². The fraction of sp³-hybridized carbons (Fsp3) is 0.296. The Labute approximate surface area is 227 Å². The molecular formula is C27H26F3N7O3. The SMILES string of the molecule is CCOC(=O)N1CCCC(c2cc(-c3ccc(C(=O)Nc4cc(C(F)(F)F)ccn4)cc3)c3c(N)ncnn23)C1. The van der Waals surface area contributed by atoms with Gasteiger partial charge in [0.15, 0.2) is 5.82 Å². The second-order valence-corrected chi connectivity index (χ2v) is 9.33. The quantitative estimate of drug-likeness (QED) is 0.357. The van der Waals surface area contributed by atoms with Gasteiger partial charge >= 0.3 is 12.3 Å². The highest BCUT2D eigenvalue weighted by molar-refractivity contribution is 6.04. The van der Waals surface area contributed by atoms with Gasteiger partial charge in [-0.05, 0) is 55.7 Å². The number of carbonyl (C=O) groups excluding carboxylic acids is 2. The lowest BCUT2D eigenvalue weighted by Crippen LogP contribution is -2.39. The molecule has 3 N–H and O–H groups in total. The molecule has 0 bridgehead atoms. The number of piperidine rings is 1. The number of ether oxygens (including phenoxy) is 1. The zero-order chi connectivity index (χ0) is 28.4. The highest BCUT2D eigenvalue weighted by Crippen LogP contribution is 2.36. The molecule has 0 spiro atoms. The third-order valence-corrected chi connectivity index (χ3v) is 6.76. The van der Waals surface area contributed by atoms with Gasteiger partial charge in [-0.1, -0.05) is 12.1 Å². The van der Waals surface area contributed by atoms with Crippen LogP contribution < -0.4 is 11.1 Å². The summed E-state index contributed by atoms with van der Waals surface area (Å²) in [4.78, 5) is 34.7. The number of anilines is 2. The van der Waals surface area contributed by atoms with Crippen LogP contribution in [0.4, 0.5) is 29.6 Å². The van der Waals surface area contributed by atoms with Crippen LogP contribution in [0, 0.1) is 0 Å². The molecule has 1 aliphatic heterocycles.